The van der Waals surface area contributed by atoms with E-state index in [9.17, 15) is 15.3 Å². The molecule has 0 aliphatic carbocycles. The molecule has 2 aromatic rings. The smallest absolute Gasteiger partial charge is 0.252 e. The van der Waals surface area contributed by atoms with E-state index in [0.29, 0.717) is 11.3 Å². The van der Waals surface area contributed by atoms with E-state index in [1.165, 1.54) is 30.3 Å². The second kappa shape index (κ2) is 6.68. The molecule has 2 rings (SSSR count). The maximum Gasteiger partial charge on any atom is 0.252 e. The number of benzene rings is 1. The summed E-state index contributed by atoms with van der Waals surface area (Å²) in [6, 6.07) is 8.40. The fourth-order valence-corrected chi connectivity index (χ4v) is 1.76. The Bertz CT molecular complexity index is 735. The van der Waals surface area contributed by atoms with Gasteiger partial charge in [-0.2, -0.15) is 5.26 Å². The molecular weight excluding hydrogens is 288 g/mol. The number of anilines is 2. The molecule has 1 aromatic heterocycles. The van der Waals surface area contributed by atoms with Gasteiger partial charge >= 0.3 is 0 Å². The Kier molecular flexibility index (Phi) is 4.70. The van der Waals surface area contributed by atoms with Gasteiger partial charge in [-0.1, -0.05) is 12.1 Å². The van der Waals surface area contributed by atoms with E-state index in [1.807, 2.05) is 6.07 Å². The number of nitriles is 1. The summed E-state index contributed by atoms with van der Waals surface area (Å²) in [7, 11) is 0. The largest absolute Gasteiger partial charge is 0.733 e. The van der Waals surface area contributed by atoms with Crippen molar-refractivity contribution in [3.63, 3.8) is 0 Å². The van der Waals surface area contributed by atoms with Crippen molar-refractivity contribution >= 4 is 11.6 Å². The highest BCUT2D eigenvalue weighted by Crippen LogP contribution is 2.17. The number of hydrazine groups is 1. The third-order valence-electron chi connectivity index (χ3n) is 2.78. The standard InChI is InChI=1S/C13H13N6O3/c1-8-6-12(20)16-13(15-8)18-17-11(7-14)9-2-4-10(5-3-9)19(21)22/h2-6,11,17,21H,1H3,(H2,15,16,18,20)/q-1. The summed E-state index contributed by atoms with van der Waals surface area (Å²) in [5.74, 6) is 0.183. The van der Waals surface area contributed by atoms with Gasteiger partial charge in [0.05, 0.1) is 11.8 Å². The molecule has 0 aliphatic heterocycles. The molecule has 0 saturated carbocycles. The molecule has 0 saturated heterocycles. The number of nitrogens with zero attached hydrogens (tertiary/aromatic N) is 3. The summed E-state index contributed by atoms with van der Waals surface area (Å²) in [6.45, 7) is 1.67. The SMILES string of the molecule is Cc1cc(=O)[nH]c(NNC(C#N)c2ccc(N([O-])O)cc2)n1. The topological polar surface area (TPSA) is 140 Å². The molecule has 1 unspecified atom stereocenters. The third kappa shape index (κ3) is 3.80. The van der Waals surface area contributed by atoms with Gasteiger partial charge in [0.2, 0.25) is 5.95 Å². The van der Waals surface area contributed by atoms with Crippen LogP contribution in [0.5, 0.6) is 0 Å². The molecule has 22 heavy (non-hydrogen) atoms. The predicted octanol–water partition coefficient (Wildman–Crippen LogP) is 0.953. The molecule has 1 atom stereocenters. The summed E-state index contributed by atoms with van der Waals surface area (Å²) < 4.78 is 0. The molecule has 0 bridgehead atoms. The van der Waals surface area contributed by atoms with E-state index in [4.69, 9.17) is 5.21 Å². The molecule has 0 amide bonds. The minimum Gasteiger partial charge on any atom is -0.733 e. The first-order valence-electron chi connectivity index (χ1n) is 6.25. The number of H-pyrrole nitrogens is 1. The number of nitrogens with one attached hydrogen (secondary N) is 3. The van der Waals surface area contributed by atoms with E-state index >= 15 is 0 Å². The Balaban J connectivity index is 2.09. The van der Waals surface area contributed by atoms with Gasteiger partial charge in [-0.25, -0.2) is 10.4 Å². The average Bonchev–Trinajstić information content (AvgIpc) is 2.47. The fourth-order valence-electron chi connectivity index (χ4n) is 1.76. The molecule has 1 aromatic carbocycles. The van der Waals surface area contributed by atoms with Gasteiger partial charge in [-0.05, 0) is 24.6 Å². The van der Waals surface area contributed by atoms with Crippen molar-refractivity contribution in [1.82, 2.24) is 15.4 Å². The second-order valence-electron chi connectivity index (χ2n) is 4.43. The molecule has 0 radical (unpaired) electrons. The van der Waals surface area contributed by atoms with Gasteiger partial charge in [0.25, 0.3) is 5.56 Å². The Morgan fingerprint density at radius 3 is 2.68 bits per heavy atom. The first kappa shape index (κ1) is 15.5. The lowest BCUT2D eigenvalue weighted by molar-refractivity contribution is 0.296. The molecule has 1 heterocycles. The van der Waals surface area contributed by atoms with Crippen LogP contribution in [0.4, 0.5) is 11.6 Å². The minimum absolute atomic E-state index is 0.0538. The molecule has 9 heteroatoms. The average molecular weight is 301 g/mol. The minimum atomic E-state index is -0.751. The first-order valence-corrected chi connectivity index (χ1v) is 6.25. The lowest BCUT2D eigenvalue weighted by Gasteiger charge is -2.22. The first-order chi connectivity index (χ1) is 10.5. The van der Waals surface area contributed by atoms with Crippen LogP contribution < -0.4 is 21.6 Å². The fraction of sp³-hybridized carbons (Fsp3) is 0.154. The molecule has 114 valence electrons. The maximum absolute atomic E-state index is 11.3. The zero-order valence-corrected chi connectivity index (χ0v) is 11.6. The van der Waals surface area contributed by atoms with E-state index < -0.39 is 6.04 Å². The van der Waals surface area contributed by atoms with E-state index in [0.717, 1.165) is 0 Å². The predicted molar refractivity (Wildman–Crippen MR) is 78.8 cm³/mol. The van der Waals surface area contributed by atoms with Crippen molar-refractivity contribution in [2.24, 2.45) is 0 Å². The van der Waals surface area contributed by atoms with Crippen molar-refractivity contribution in [3.8, 4) is 6.07 Å². The van der Waals surface area contributed by atoms with Crippen LogP contribution in [0, 0.1) is 23.5 Å². The lowest BCUT2D eigenvalue weighted by atomic mass is 10.1. The Morgan fingerprint density at radius 1 is 1.45 bits per heavy atom. The highest BCUT2D eigenvalue weighted by molar-refractivity contribution is 5.46. The van der Waals surface area contributed by atoms with Crippen molar-refractivity contribution in [1.29, 1.82) is 5.26 Å². The quantitative estimate of drug-likeness (QED) is 0.598. The zero-order valence-electron chi connectivity index (χ0n) is 11.6. The van der Waals surface area contributed by atoms with Gasteiger partial charge in [0.1, 0.15) is 6.04 Å². The summed E-state index contributed by atoms with van der Waals surface area (Å²) in [5, 5.41) is 28.4. The molecular formula is C13H13N6O3-. The third-order valence-corrected chi connectivity index (χ3v) is 2.78. The molecule has 0 aliphatic rings. The van der Waals surface area contributed by atoms with Crippen LogP contribution in [0.3, 0.4) is 0 Å². The highest BCUT2D eigenvalue weighted by Gasteiger charge is 2.10. The Morgan fingerprint density at radius 2 is 2.14 bits per heavy atom. The molecule has 9 nitrogen and oxygen atoms in total. The maximum atomic E-state index is 11.3. The van der Waals surface area contributed by atoms with Crippen LogP contribution in [-0.4, -0.2) is 15.2 Å². The summed E-state index contributed by atoms with van der Waals surface area (Å²) in [4.78, 5) is 17.8. The summed E-state index contributed by atoms with van der Waals surface area (Å²) in [5.41, 5.74) is 6.20. The van der Waals surface area contributed by atoms with Crippen LogP contribution in [0.1, 0.15) is 17.3 Å². The highest BCUT2D eigenvalue weighted by atomic mass is 16.8. The Hall–Kier alpha value is -2.93. The van der Waals surface area contributed by atoms with Gasteiger partial charge < -0.3 is 10.4 Å². The second-order valence-corrected chi connectivity index (χ2v) is 4.43. The van der Waals surface area contributed by atoms with Crippen molar-refractivity contribution in [2.75, 3.05) is 10.7 Å². The van der Waals surface area contributed by atoms with Crippen LogP contribution in [0.25, 0.3) is 0 Å². The van der Waals surface area contributed by atoms with Crippen LogP contribution in [-0.2, 0) is 0 Å². The van der Waals surface area contributed by atoms with Crippen molar-refractivity contribution in [2.45, 2.75) is 13.0 Å². The number of hydrogen-bond donors (Lipinski definition) is 4. The van der Waals surface area contributed by atoms with E-state index in [1.54, 1.807) is 6.92 Å². The number of aromatic amines is 1. The van der Waals surface area contributed by atoms with Gasteiger partial charge in [0.15, 0.2) is 0 Å². The van der Waals surface area contributed by atoms with Gasteiger partial charge in [-0.15, -0.1) is 0 Å². The van der Waals surface area contributed by atoms with Crippen molar-refractivity contribution in [3.05, 3.63) is 57.2 Å². The molecule has 0 fully saturated rings. The number of aryl methyl sites for hydroxylation is 1. The summed E-state index contributed by atoms with van der Waals surface area (Å²) in [6.07, 6.45) is 0. The number of hydrogen-bond acceptors (Lipinski definition) is 8. The van der Waals surface area contributed by atoms with Gasteiger partial charge in [0, 0.05) is 11.8 Å². The lowest BCUT2D eigenvalue weighted by Crippen LogP contribution is -2.28. The van der Waals surface area contributed by atoms with Crippen LogP contribution >= 0.6 is 0 Å². The molecule has 0 spiro atoms. The van der Waals surface area contributed by atoms with Crippen LogP contribution in [0.2, 0.25) is 0 Å². The van der Waals surface area contributed by atoms with Crippen molar-refractivity contribution < 1.29 is 5.21 Å². The van der Waals surface area contributed by atoms with Crippen LogP contribution in [0.15, 0.2) is 35.1 Å². The molecule has 4 N–H and O–H groups in total. The number of rotatable bonds is 5. The number of aromatic nitrogens is 2. The van der Waals surface area contributed by atoms with E-state index in [2.05, 4.69) is 20.8 Å². The summed E-state index contributed by atoms with van der Waals surface area (Å²) >= 11 is 0. The Labute approximate surface area is 125 Å². The van der Waals surface area contributed by atoms with Gasteiger partial charge in [-0.3, -0.25) is 20.4 Å². The monoisotopic (exact) mass is 301 g/mol. The van der Waals surface area contributed by atoms with E-state index in [-0.39, 0.29) is 22.4 Å². The normalized spacial score (nSPS) is 11.5. The zero-order chi connectivity index (χ0) is 16.1.